The van der Waals surface area contributed by atoms with Crippen LogP contribution >= 0.6 is 0 Å². The van der Waals surface area contributed by atoms with Gasteiger partial charge in [0.05, 0.1) is 18.0 Å². The van der Waals surface area contributed by atoms with Gasteiger partial charge in [-0.25, -0.2) is 0 Å². The highest BCUT2D eigenvalue weighted by Gasteiger charge is 2.17. The van der Waals surface area contributed by atoms with Gasteiger partial charge in [-0.05, 0) is 12.8 Å². The van der Waals surface area contributed by atoms with E-state index < -0.39 is 0 Å². The van der Waals surface area contributed by atoms with Gasteiger partial charge in [-0.15, -0.1) is 0 Å². The summed E-state index contributed by atoms with van der Waals surface area (Å²) in [5.41, 5.74) is 7.74. The maximum absolute atomic E-state index is 6.09. The molecule has 0 unspecified atom stereocenters. The zero-order chi connectivity index (χ0) is 13.0. The van der Waals surface area contributed by atoms with Crippen LogP contribution in [0.5, 0.6) is 0 Å². The molecule has 1 rings (SSSR count). The van der Waals surface area contributed by atoms with Crippen molar-refractivity contribution in [1.29, 1.82) is 0 Å². The van der Waals surface area contributed by atoms with Crippen molar-refractivity contribution in [2.75, 3.05) is 37.4 Å². The molecule has 1 aromatic rings. The summed E-state index contributed by atoms with van der Waals surface area (Å²) in [6, 6.07) is 0. The summed E-state index contributed by atoms with van der Waals surface area (Å²) in [6.07, 6.45) is 0. The molecular formula is C12H24N4O. The van der Waals surface area contributed by atoms with Crippen LogP contribution in [0.4, 0.5) is 11.5 Å². The number of anilines is 2. The van der Waals surface area contributed by atoms with E-state index in [1.54, 1.807) is 7.11 Å². The molecule has 5 heteroatoms. The summed E-state index contributed by atoms with van der Waals surface area (Å²) in [4.78, 5) is 2.24. The Kier molecular flexibility index (Phi) is 4.81. The molecule has 0 aromatic carbocycles. The molecule has 0 spiro atoms. The number of nitrogen functional groups attached to an aromatic ring is 1. The van der Waals surface area contributed by atoms with Crippen molar-refractivity contribution in [2.45, 2.75) is 20.8 Å². The van der Waals surface area contributed by atoms with Crippen molar-refractivity contribution in [3.05, 3.63) is 5.69 Å². The Hall–Kier alpha value is -1.23. The average Bonchev–Trinajstić information content (AvgIpc) is 2.48. The minimum absolute atomic E-state index is 0.571. The molecule has 0 bridgehead atoms. The van der Waals surface area contributed by atoms with Crippen molar-refractivity contribution in [3.8, 4) is 0 Å². The number of nitrogens with two attached hydrogens (primary N) is 1. The lowest BCUT2D eigenvalue weighted by Gasteiger charge is -2.26. The summed E-state index contributed by atoms with van der Waals surface area (Å²) in [7, 11) is 3.64. The van der Waals surface area contributed by atoms with E-state index in [2.05, 4.69) is 23.8 Å². The van der Waals surface area contributed by atoms with E-state index in [-0.39, 0.29) is 0 Å². The quantitative estimate of drug-likeness (QED) is 0.817. The van der Waals surface area contributed by atoms with Crippen molar-refractivity contribution in [2.24, 2.45) is 13.0 Å². The lowest BCUT2D eigenvalue weighted by atomic mass is 10.2. The number of aromatic nitrogens is 2. The first-order valence-electron chi connectivity index (χ1n) is 6.00. The molecule has 0 saturated carbocycles. The van der Waals surface area contributed by atoms with Gasteiger partial charge in [-0.1, -0.05) is 13.8 Å². The number of aryl methyl sites for hydroxylation is 2. The van der Waals surface area contributed by atoms with Crippen LogP contribution in [0.2, 0.25) is 0 Å². The minimum atomic E-state index is 0.571. The van der Waals surface area contributed by atoms with Crippen molar-refractivity contribution < 1.29 is 4.74 Å². The monoisotopic (exact) mass is 240 g/mol. The first-order valence-corrected chi connectivity index (χ1v) is 6.00. The Morgan fingerprint density at radius 3 is 2.53 bits per heavy atom. The molecule has 1 aromatic heterocycles. The van der Waals surface area contributed by atoms with Gasteiger partial charge in [0, 0.05) is 27.2 Å². The standard InChI is InChI=1S/C12H24N4O/c1-9(2)8-16(6-7-17-5)12-11(13)10(3)14-15(12)4/h9H,6-8,13H2,1-5H3. The molecule has 5 nitrogen and oxygen atoms in total. The predicted octanol–water partition coefficient (Wildman–Crippen LogP) is 1.42. The normalized spacial score (nSPS) is 11.2. The van der Waals surface area contributed by atoms with Gasteiger partial charge in [-0.2, -0.15) is 5.10 Å². The highest BCUT2D eigenvalue weighted by molar-refractivity contribution is 5.66. The van der Waals surface area contributed by atoms with Crippen molar-refractivity contribution >= 4 is 11.5 Å². The van der Waals surface area contributed by atoms with E-state index in [1.807, 2.05) is 18.7 Å². The van der Waals surface area contributed by atoms with Crippen LogP contribution in [0, 0.1) is 12.8 Å². The summed E-state index contributed by atoms with van der Waals surface area (Å²) in [5, 5.41) is 4.36. The molecule has 1 heterocycles. The molecule has 17 heavy (non-hydrogen) atoms. The first-order chi connectivity index (χ1) is 7.97. The van der Waals surface area contributed by atoms with Gasteiger partial charge in [0.15, 0.2) is 0 Å². The van der Waals surface area contributed by atoms with Crippen LogP contribution < -0.4 is 10.6 Å². The summed E-state index contributed by atoms with van der Waals surface area (Å²) in [6.45, 7) is 8.79. The maximum Gasteiger partial charge on any atom is 0.150 e. The third-order valence-corrected chi connectivity index (χ3v) is 2.69. The summed E-state index contributed by atoms with van der Waals surface area (Å²) >= 11 is 0. The second-order valence-electron chi connectivity index (χ2n) is 4.78. The smallest absolute Gasteiger partial charge is 0.150 e. The predicted molar refractivity (Wildman–Crippen MR) is 71.3 cm³/mol. The zero-order valence-electron chi connectivity index (χ0n) is 11.5. The Morgan fingerprint density at radius 2 is 2.12 bits per heavy atom. The molecular weight excluding hydrogens is 216 g/mol. The van der Waals surface area contributed by atoms with Crippen LogP contribution in [-0.2, 0) is 11.8 Å². The maximum atomic E-state index is 6.09. The number of hydrogen-bond donors (Lipinski definition) is 1. The molecule has 0 fully saturated rings. The van der Waals surface area contributed by atoms with Gasteiger partial charge >= 0.3 is 0 Å². The molecule has 0 aliphatic carbocycles. The Labute approximate surface area is 104 Å². The van der Waals surface area contributed by atoms with E-state index in [9.17, 15) is 0 Å². The fourth-order valence-corrected chi connectivity index (χ4v) is 1.96. The van der Waals surface area contributed by atoms with Gasteiger partial charge < -0.3 is 15.4 Å². The van der Waals surface area contributed by atoms with Crippen molar-refractivity contribution in [1.82, 2.24) is 9.78 Å². The van der Waals surface area contributed by atoms with Crippen LogP contribution in [0.1, 0.15) is 19.5 Å². The molecule has 0 saturated heterocycles. The van der Waals surface area contributed by atoms with Crippen LogP contribution in [0.3, 0.4) is 0 Å². The fraction of sp³-hybridized carbons (Fsp3) is 0.750. The fourth-order valence-electron chi connectivity index (χ4n) is 1.96. The summed E-state index contributed by atoms with van der Waals surface area (Å²) < 4.78 is 7.00. The van der Waals surface area contributed by atoms with E-state index in [4.69, 9.17) is 10.5 Å². The topological polar surface area (TPSA) is 56.3 Å². The van der Waals surface area contributed by atoms with Gasteiger partial charge in [0.2, 0.25) is 0 Å². The van der Waals surface area contributed by atoms with Crippen LogP contribution in [-0.4, -0.2) is 36.6 Å². The van der Waals surface area contributed by atoms with Crippen molar-refractivity contribution in [3.63, 3.8) is 0 Å². The van der Waals surface area contributed by atoms with E-state index in [1.165, 1.54) is 0 Å². The molecule has 0 aliphatic heterocycles. The highest BCUT2D eigenvalue weighted by Crippen LogP contribution is 2.26. The number of hydrogen-bond acceptors (Lipinski definition) is 4. The number of rotatable bonds is 6. The third-order valence-electron chi connectivity index (χ3n) is 2.69. The average molecular weight is 240 g/mol. The zero-order valence-corrected chi connectivity index (χ0v) is 11.5. The van der Waals surface area contributed by atoms with Gasteiger partial charge in [0.1, 0.15) is 5.82 Å². The second kappa shape index (κ2) is 5.91. The Balaban J connectivity index is 2.94. The third kappa shape index (κ3) is 3.36. The lowest BCUT2D eigenvalue weighted by Crippen LogP contribution is -2.33. The highest BCUT2D eigenvalue weighted by atomic mass is 16.5. The molecule has 0 atom stereocenters. The molecule has 0 radical (unpaired) electrons. The largest absolute Gasteiger partial charge is 0.394 e. The lowest BCUT2D eigenvalue weighted by molar-refractivity contribution is 0.204. The Bertz CT molecular complexity index is 360. The van der Waals surface area contributed by atoms with Crippen LogP contribution in [0.25, 0.3) is 0 Å². The second-order valence-corrected chi connectivity index (χ2v) is 4.78. The summed E-state index contributed by atoms with van der Waals surface area (Å²) in [5.74, 6) is 1.56. The Morgan fingerprint density at radius 1 is 1.47 bits per heavy atom. The molecule has 98 valence electrons. The van der Waals surface area contributed by atoms with Gasteiger partial charge in [-0.3, -0.25) is 4.68 Å². The number of ether oxygens (including phenoxy) is 1. The SMILES string of the molecule is COCCN(CC(C)C)c1c(N)c(C)nn1C. The van der Waals surface area contributed by atoms with Gasteiger partial charge in [0.25, 0.3) is 0 Å². The van der Waals surface area contributed by atoms with E-state index >= 15 is 0 Å². The molecule has 0 amide bonds. The number of nitrogens with zero attached hydrogens (tertiary/aromatic N) is 3. The first kappa shape index (κ1) is 13.8. The number of methoxy groups -OCH3 is 1. The van der Waals surface area contributed by atoms with E-state index in [0.29, 0.717) is 12.5 Å². The molecule has 0 aliphatic rings. The minimum Gasteiger partial charge on any atom is -0.394 e. The molecule has 2 N–H and O–H groups in total. The van der Waals surface area contributed by atoms with E-state index in [0.717, 1.165) is 30.3 Å². The van der Waals surface area contributed by atoms with Crippen LogP contribution in [0.15, 0.2) is 0 Å².